The number of aromatic nitrogens is 2. The molecule has 0 amide bonds. The van der Waals surface area contributed by atoms with Gasteiger partial charge in [0.25, 0.3) is 0 Å². The fourth-order valence-electron chi connectivity index (χ4n) is 6.43. The van der Waals surface area contributed by atoms with E-state index in [1.165, 1.54) is 65.3 Å². The molecule has 2 nitrogen and oxygen atoms in total. The van der Waals surface area contributed by atoms with E-state index in [1.807, 2.05) is 0 Å². The molecule has 186 valence electrons. The second kappa shape index (κ2) is 8.43. The van der Waals surface area contributed by atoms with Gasteiger partial charge in [0.15, 0.2) is 0 Å². The summed E-state index contributed by atoms with van der Waals surface area (Å²) < 4.78 is 2.35. The van der Waals surface area contributed by atoms with Crippen LogP contribution in [-0.4, -0.2) is 9.55 Å². The van der Waals surface area contributed by atoms with Crippen molar-refractivity contribution in [2.45, 2.75) is 39.5 Å². The molecule has 7 rings (SSSR count). The van der Waals surface area contributed by atoms with Gasteiger partial charge in [-0.05, 0) is 67.4 Å². The first-order valence-electron chi connectivity index (χ1n) is 13.7. The van der Waals surface area contributed by atoms with Gasteiger partial charge in [-0.1, -0.05) is 107 Å². The number of benzene rings is 6. The lowest BCUT2D eigenvalue weighted by molar-refractivity contribution is 0.828. The highest BCUT2D eigenvalue weighted by molar-refractivity contribution is 6.27. The largest absolute Gasteiger partial charge is 0.327 e. The van der Waals surface area contributed by atoms with Crippen molar-refractivity contribution in [1.29, 1.82) is 0 Å². The Balaban J connectivity index is 1.68. The fourth-order valence-corrected chi connectivity index (χ4v) is 6.43. The number of aryl methyl sites for hydroxylation is 1. The van der Waals surface area contributed by atoms with Gasteiger partial charge >= 0.3 is 0 Å². The molecule has 0 radical (unpaired) electrons. The molecule has 0 N–H and O–H groups in total. The molecule has 1 heterocycles. The Kier molecular flexibility index (Phi) is 5.10. The molecule has 0 aliphatic heterocycles. The van der Waals surface area contributed by atoms with Gasteiger partial charge in [0.2, 0.25) is 0 Å². The van der Waals surface area contributed by atoms with Gasteiger partial charge in [-0.15, -0.1) is 0 Å². The molecule has 0 bridgehead atoms. The normalized spacial score (nSPS) is 12.3. The zero-order valence-corrected chi connectivity index (χ0v) is 22.7. The Bertz CT molecular complexity index is 2010. The number of rotatable bonds is 3. The molecule has 0 saturated carbocycles. The van der Waals surface area contributed by atoms with Crippen molar-refractivity contribution in [2.75, 3.05) is 0 Å². The van der Waals surface area contributed by atoms with Crippen LogP contribution in [0.3, 0.4) is 0 Å². The molecule has 1 aromatic heterocycles. The lowest BCUT2D eigenvalue weighted by atomic mass is 9.88. The molecule has 0 fully saturated rings. The van der Waals surface area contributed by atoms with Gasteiger partial charge in [0.05, 0.1) is 11.0 Å². The second-order valence-electron chi connectivity index (χ2n) is 11.3. The molecule has 0 aliphatic carbocycles. The molecule has 0 spiro atoms. The van der Waals surface area contributed by atoms with Crippen LogP contribution < -0.4 is 0 Å². The van der Waals surface area contributed by atoms with Crippen LogP contribution in [0.1, 0.15) is 50.7 Å². The highest BCUT2D eigenvalue weighted by atomic mass is 15.1. The summed E-state index contributed by atoms with van der Waals surface area (Å²) in [4.78, 5) is 5.44. The van der Waals surface area contributed by atoms with E-state index in [0.717, 1.165) is 11.3 Å². The molecule has 0 aliphatic rings. The third-order valence-electron chi connectivity index (χ3n) is 8.30. The second-order valence-corrected chi connectivity index (χ2v) is 11.3. The van der Waals surface area contributed by atoms with E-state index >= 15 is 0 Å². The van der Waals surface area contributed by atoms with E-state index in [4.69, 9.17) is 4.98 Å². The Labute approximate surface area is 223 Å². The minimum absolute atomic E-state index is 0.411. The average molecular weight is 493 g/mol. The zero-order chi connectivity index (χ0) is 26.1. The molecule has 38 heavy (non-hydrogen) atoms. The van der Waals surface area contributed by atoms with Crippen molar-refractivity contribution in [3.8, 4) is 11.4 Å². The number of nitrogens with zero attached hydrogens (tertiary/aromatic N) is 2. The minimum atomic E-state index is 0.411. The number of fused-ring (bicyclic) bond motifs is 9. The molecular formula is C36H32N2. The van der Waals surface area contributed by atoms with Crippen LogP contribution in [0.25, 0.3) is 65.5 Å². The highest BCUT2D eigenvalue weighted by Gasteiger charge is 2.23. The van der Waals surface area contributed by atoms with Crippen LogP contribution in [0.15, 0.2) is 91.0 Å². The van der Waals surface area contributed by atoms with E-state index < -0.39 is 0 Å². The van der Waals surface area contributed by atoms with E-state index in [9.17, 15) is 0 Å². The van der Waals surface area contributed by atoms with Gasteiger partial charge < -0.3 is 4.57 Å². The molecule has 7 aromatic rings. The Morgan fingerprint density at radius 1 is 0.553 bits per heavy atom. The summed E-state index contributed by atoms with van der Waals surface area (Å²) in [6.45, 7) is 9.14. The number of hydrogen-bond donors (Lipinski definition) is 0. The number of hydrogen-bond acceptors (Lipinski definition) is 1. The third kappa shape index (κ3) is 3.23. The van der Waals surface area contributed by atoms with Crippen molar-refractivity contribution in [3.05, 3.63) is 102 Å². The van der Waals surface area contributed by atoms with Crippen LogP contribution in [0.2, 0.25) is 0 Å². The van der Waals surface area contributed by atoms with Crippen LogP contribution in [0.5, 0.6) is 0 Å². The first-order valence-corrected chi connectivity index (χ1v) is 13.7. The van der Waals surface area contributed by atoms with E-state index in [1.54, 1.807) is 0 Å². The topological polar surface area (TPSA) is 17.8 Å². The van der Waals surface area contributed by atoms with Gasteiger partial charge in [-0.2, -0.15) is 0 Å². The summed E-state index contributed by atoms with van der Waals surface area (Å²) in [5, 5.41) is 10.2. The van der Waals surface area contributed by atoms with Crippen LogP contribution in [0.4, 0.5) is 0 Å². The monoisotopic (exact) mass is 492 g/mol. The van der Waals surface area contributed by atoms with E-state index in [0.29, 0.717) is 11.8 Å². The summed E-state index contributed by atoms with van der Waals surface area (Å²) in [6.07, 6.45) is 0. The highest BCUT2D eigenvalue weighted by Crippen LogP contribution is 2.42. The van der Waals surface area contributed by atoms with Gasteiger partial charge in [0, 0.05) is 23.4 Å². The van der Waals surface area contributed by atoms with Crippen LogP contribution >= 0.6 is 0 Å². The summed E-state index contributed by atoms with van der Waals surface area (Å²) >= 11 is 0. The molecule has 0 unspecified atom stereocenters. The molecule has 0 atom stereocenters. The molecule has 2 heteroatoms. The predicted molar refractivity (Wildman–Crippen MR) is 164 cm³/mol. The predicted octanol–water partition coefficient (Wildman–Crippen LogP) is 10.1. The summed E-state index contributed by atoms with van der Waals surface area (Å²) in [5.74, 6) is 1.88. The van der Waals surface area contributed by atoms with Crippen LogP contribution in [-0.2, 0) is 7.05 Å². The lowest BCUT2D eigenvalue weighted by Gasteiger charge is -2.19. The SMILES string of the molecule is CC(C)c1cccc(C(C)C)c1-c1nc2c3ccccc3c3cc4c(ccc5ccccc54)cc3c2n1C. The maximum Gasteiger partial charge on any atom is 0.141 e. The van der Waals surface area contributed by atoms with Gasteiger partial charge in [-0.25, -0.2) is 4.98 Å². The minimum Gasteiger partial charge on any atom is -0.327 e. The van der Waals surface area contributed by atoms with E-state index in [-0.39, 0.29) is 0 Å². The maximum absolute atomic E-state index is 5.44. The first-order chi connectivity index (χ1) is 18.4. The smallest absolute Gasteiger partial charge is 0.141 e. The van der Waals surface area contributed by atoms with Gasteiger partial charge in [-0.3, -0.25) is 0 Å². The molecule has 0 saturated heterocycles. The quantitative estimate of drug-likeness (QED) is 0.177. The van der Waals surface area contributed by atoms with Crippen LogP contribution in [0, 0.1) is 0 Å². The van der Waals surface area contributed by atoms with Crippen molar-refractivity contribution in [1.82, 2.24) is 9.55 Å². The van der Waals surface area contributed by atoms with Crippen molar-refractivity contribution in [3.63, 3.8) is 0 Å². The summed E-state index contributed by atoms with van der Waals surface area (Å²) in [5.41, 5.74) is 6.30. The maximum atomic E-state index is 5.44. The van der Waals surface area contributed by atoms with Crippen molar-refractivity contribution >= 4 is 54.1 Å². The Hall–Kier alpha value is -4.17. The zero-order valence-electron chi connectivity index (χ0n) is 22.7. The Morgan fingerprint density at radius 2 is 1.18 bits per heavy atom. The summed E-state index contributed by atoms with van der Waals surface area (Å²) in [7, 11) is 2.20. The van der Waals surface area contributed by atoms with Crippen molar-refractivity contribution < 1.29 is 0 Å². The summed E-state index contributed by atoms with van der Waals surface area (Å²) in [6, 6.07) is 33.5. The Morgan fingerprint density at radius 3 is 1.89 bits per heavy atom. The van der Waals surface area contributed by atoms with Gasteiger partial charge in [0.1, 0.15) is 5.82 Å². The number of imidazole rings is 1. The average Bonchev–Trinajstić information content (AvgIpc) is 3.28. The first kappa shape index (κ1) is 23.0. The standard InChI is InChI=1S/C36H32N2/c1-21(2)25-15-10-16-26(22(3)4)33(25)36-37-34-29-14-9-8-13-28(29)31-20-30-24(19-32(31)35(34)38(36)5)18-17-23-11-6-7-12-27(23)30/h6-22H,1-5H3. The fraction of sp³-hybridized carbons (Fsp3) is 0.194. The van der Waals surface area contributed by atoms with E-state index in [2.05, 4.69) is 130 Å². The lowest BCUT2D eigenvalue weighted by Crippen LogP contribution is -2.04. The molecular weight excluding hydrogens is 460 g/mol. The van der Waals surface area contributed by atoms with Crippen molar-refractivity contribution in [2.24, 2.45) is 7.05 Å². The third-order valence-corrected chi connectivity index (χ3v) is 8.30. The molecule has 6 aromatic carbocycles.